The van der Waals surface area contributed by atoms with Crippen LogP contribution < -0.4 is 0 Å². The minimum atomic E-state index is -0.777. The van der Waals surface area contributed by atoms with Gasteiger partial charge in [-0.3, -0.25) is 14.4 Å². The van der Waals surface area contributed by atoms with E-state index in [1.165, 1.54) is 6.92 Å². The first-order valence-corrected chi connectivity index (χ1v) is 10.8. The van der Waals surface area contributed by atoms with Gasteiger partial charge in [-0.1, -0.05) is 13.0 Å². The van der Waals surface area contributed by atoms with E-state index >= 15 is 0 Å². The van der Waals surface area contributed by atoms with E-state index in [9.17, 15) is 14.4 Å². The van der Waals surface area contributed by atoms with Crippen LogP contribution in [0.1, 0.15) is 72.6 Å². The van der Waals surface area contributed by atoms with Gasteiger partial charge in [0.1, 0.15) is 11.7 Å². The summed E-state index contributed by atoms with van der Waals surface area (Å²) in [6.07, 6.45) is 8.14. The maximum atomic E-state index is 12.9. The van der Waals surface area contributed by atoms with E-state index < -0.39 is 5.60 Å². The highest BCUT2D eigenvalue weighted by molar-refractivity contribution is 5.96. The Hall–Kier alpha value is -1.65. The second-order valence-corrected chi connectivity index (χ2v) is 9.86. The highest BCUT2D eigenvalue weighted by atomic mass is 16.6. The van der Waals surface area contributed by atoms with Gasteiger partial charge in [0.2, 0.25) is 0 Å². The van der Waals surface area contributed by atoms with Gasteiger partial charge in [0.25, 0.3) is 0 Å². The maximum absolute atomic E-state index is 12.9. The molecule has 0 aromatic heterocycles. The fourth-order valence-electron chi connectivity index (χ4n) is 7.15. The second-order valence-electron chi connectivity index (χ2n) is 9.86. The summed E-state index contributed by atoms with van der Waals surface area (Å²) in [4.78, 5) is 36.4. The molecule has 5 nitrogen and oxygen atoms in total. The van der Waals surface area contributed by atoms with Crippen LogP contribution in [0.15, 0.2) is 11.6 Å². The molecule has 4 rings (SSSR count). The van der Waals surface area contributed by atoms with E-state index in [0.29, 0.717) is 23.8 Å². The molecule has 0 aromatic rings. The number of fused-ring (bicyclic) bond motifs is 5. The fraction of sp³-hybridized carbons (Fsp3) is 0.783. The first kappa shape index (κ1) is 19.7. The Labute approximate surface area is 167 Å². The molecule has 2 saturated carbocycles. The third-order valence-corrected chi connectivity index (χ3v) is 8.46. The van der Waals surface area contributed by atoms with E-state index in [4.69, 9.17) is 9.47 Å². The van der Waals surface area contributed by atoms with E-state index in [0.717, 1.165) is 38.5 Å². The van der Waals surface area contributed by atoms with Crippen molar-refractivity contribution >= 4 is 17.7 Å². The monoisotopic (exact) mass is 388 g/mol. The standard InChI is InChI=1S/C23H32O5/c1-13(24)18-7-8-19-17-6-5-15-11-16(27-14(2)25)9-10-22(15,3)20(17)12-21(26)28-23(18,19)4/h7,15-17,19-20H,5-6,8-12H2,1-4H3/t15-,16-,17+,19-,20+,22-,23+/m0/s1. The third kappa shape index (κ3) is 2.93. The lowest BCUT2D eigenvalue weighted by Gasteiger charge is -2.55. The molecule has 0 unspecified atom stereocenters. The Morgan fingerprint density at radius 2 is 1.89 bits per heavy atom. The normalized spacial score (nSPS) is 44.9. The molecule has 154 valence electrons. The van der Waals surface area contributed by atoms with Crippen LogP contribution in [0.3, 0.4) is 0 Å². The smallest absolute Gasteiger partial charge is 0.306 e. The van der Waals surface area contributed by atoms with Gasteiger partial charge in [-0.05, 0) is 75.5 Å². The van der Waals surface area contributed by atoms with E-state index in [2.05, 4.69) is 6.92 Å². The molecule has 3 fully saturated rings. The average Bonchev–Trinajstić information content (AvgIpc) is 2.87. The largest absolute Gasteiger partial charge is 0.463 e. The topological polar surface area (TPSA) is 69.7 Å². The van der Waals surface area contributed by atoms with Gasteiger partial charge >= 0.3 is 11.9 Å². The lowest BCUT2D eigenvalue weighted by atomic mass is 9.49. The molecule has 0 N–H and O–H groups in total. The van der Waals surface area contributed by atoms with E-state index in [-0.39, 0.29) is 41.1 Å². The van der Waals surface area contributed by atoms with Gasteiger partial charge in [-0.25, -0.2) is 0 Å². The summed E-state index contributed by atoms with van der Waals surface area (Å²) >= 11 is 0. The molecule has 3 aliphatic carbocycles. The summed E-state index contributed by atoms with van der Waals surface area (Å²) in [6.45, 7) is 7.34. The predicted octanol–water partition coefficient (Wildman–Crippen LogP) is 3.99. The van der Waals surface area contributed by atoms with Crippen molar-refractivity contribution in [2.24, 2.45) is 29.1 Å². The first-order chi connectivity index (χ1) is 13.1. The molecule has 0 aromatic carbocycles. The second kappa shape index (κ2) is 6.70. The van der Waals surface area contributed by atoms with Crippen LogP contribution in [0.25, 0.3) is 0 Å². The summed E-state index contributed by atoms with van der Waals surface area (Å²) in [5.41, 5.74) is -0.0409. The van der Waals surface area contributed by atoms with Gasteiger partial charge in [-0.15, -0.1) is 0 Å². The van der Waals surface area contributed by atoms with Crippen LogP contribution in [0.5, 0.6) is 0 Å². The van der Waals surface area contributed by atoms with Crippen molar-refractivity contribution in [3.05, 3.63) is 11.6 Å². The van der Waals surface area contributed by atoms with Crippen molar-refractivity contribution in [1.29, 1.82) is 0 Å². The van der Waals surface area contributed by atoms with Crippen molar-refractivity contribution < 1.29 is 23.9 Å². The van der Waals surface area contributed by atoms with Gasteiger partial charge in [-0.2, -0.15) is 0 Å². The molecule has 1 aliphatic heterocycles. The van der Waals surface area contributed by atoms with Crippen LogP contribution in [0.4, 0.5) is 0 Å². The number of ether oxygens (including phenoxy) is 2. The predicted molar refractivity (Wildman–Crippen MR) is 103 cm³/mol. The van der Waals surface area contributed by atoms with Crippen LogP contribution in [0, 0.1) is 29.1 Å². The highest BCUT2D eigenvalue weighted by Gasteiger charge is 2.60. The van der Waals surface area contributed by atoms with Crippen molar-refractivity contribution in [3.63, 3.8) is 0 Å². The van der Waals surface area contributed by atoms with Gasteiger partial charge in [0, 0.05) is 24.8 Å². The number of ketones is 1. The molecule has 28 heavy (non-hydrogen) atoms. The number of rotatable bonds is 2. The minimum Gasteiger partial charge on any atom is -0.463 e. The lowest BCUT2D eigenvalue weighted by molar-refractivity contribution is -0.157. The molecular formula is C23H32O5. The fourth-order valence-corrected chi connectivity index (χ4v) is 7.15. The number of hydrogen-bond donors (Lipinski definition) is 0. The van der Waals surface area contributed by atoms with Crippen molar-refractivity contribution in [1.82, 2.24) is 0 Å². The Morgan fingerprint density at radius 1 is 1.14 bits per heavy atom. The SMILES string of the molecule is CC(=O)O[C@H]1CC[C@@]2(C)[C@@H](CC[C@H]3[C@H]2CC(=O)O[C@]2(C)C(C(C)=O)=CC[C@@H]32)C1. The summed E-state index contributed by atoms with van der Waals surface area (Å²) in [7, 11) is 0. The number of Topliss-reactive ketones (excluding diaryl/α,β-unsaturated/α-hetero) is 1. The molecule has 5 heteroatoms. The Kier molecular flexibility index (Phi) is 4.71. The molecule has 1 heterocycles. The molecule has 0 amide bonds. The summed E-state index contributed by atoms with van der Waals surface area (Å²) in [5, 5.41) is 0. The lowest BCUT2D eigenvalue weighted by Crippen LogP contribution is -2.51. The number of allylic oxidation sites excluding steroid dienone is 1. The molecule has 1 saturated heterocycles. The summed E-state index contributed by atoms with van der Waals surface area (Å²) in [5.74, 6) is 0.943. The molecule has 0 bridgehead atoms. The molecule has 7 atom stereocenters. The van der Waals surface area contributed by atoms with E-state index in [1.807, 2.05) is 13.0 Å². The molecule has 4 aliphatic rings. The Balaban J connectivity index is 1.62. The minimum absolute atomic E-state index is 0.00702. The zero-order chi connectivity index (χ0) is 20.3. The number of carbonyl (C=O) groups excluding carboxylic acids is 3. The van der Waals surface area contributed by atoms with Crippen LogP contribution in [-0.2, 0) is 23.9 Å². The van der Waals surface area contributed by atoms with Gasteiger partial charge in [0.15, 0.2) is 5.78 Å². The zero-order valence-electron chi connectivity index (χ0n) is 17.5. The summed E-state index contributed by atoms with van der Waals surface area (Å²) in [6, 6.07) is 0. The molecule has 0 spiro atoms. The Bertz CT molecular complexity index is 739. The number of esters is 2. The quantitative estimate of drug-likeness (QED) is 0.669. The van der Waals surface area contributed by atoms with Crippen molar-refractivity contribution in [2.45, 2.75) is 84.3 Å². The molecular weight excluding hydrogens is 356 g/mol. The van der Waals surface area contributed by atoms with E-state index in [1.54, 1.807) is 6.92 Å². The van der Waals surface area contributed by atoms with Crippen LogP contribution in [0.2, 0.25) is 0 Å². The number of hydrogen-bond acceptors (Lipinski definition) is 5. The highest BCUT2D eigenvalue weighted by Crippen LogP contribution is 2.62. The summed E-state index contributed by atoms with van der Waals surface area (Å²) < 4.78 is 11.5. The van der Waals surface area contributed by atoms with Crippen LogP contribution >= 0.6 is 0 Å². The zero-order valence-corrected chi connectivity index (χ0v) is 17.5. The molecule has 0 radical (unpaired) electrons. The van der Waals surface area contributed by atoms with Crippen molar-refractivity contribution in [2.75, 3.05) is 0 Å². The maximum Gasteiger partial charge on any atom is 0.306 e. The number of carbonyl (C=O) groups is 3. The first-order valence-electron chi connectivity index (χ1n) is 10.8. The van der Waals surface area contributed by atoms with Crippen molar-refractivity contribution in [3.8, 4) is 0 Å². The third-order valence-electron chi connectivity index (χ3n) is 8.46. The van der Waals surface area contributed by atoms with Gasteiger partial charge in [0.05, 0.1) is 0 Å². The Morgan fingerprint density at radius 3 is 2.57 bits per heavy atom. The average molecular weight is 389 g/mol. The van der Waals surface area contributed by atoms with Gasteiger partial charge < -0.3 is 9.47 Å². The van der Waals surface area contributed by atoms with Crippen LogP contribution in [-0.4, -0.2) is 29.4 Å².